The number of fused-ring (bicyclic) bond motifs is 1. The van der Waals surface area contributed by atoms with E-state index < -0.39 is 0 Å². The molecule has 162 valence electrons. The Morgan fingerprint density at radius 2 is 1.67 bits per heavy atom. The van der Waals surface area contributed by atoms with Crippen molar-refractivity contribution in [3.8, 4) is 11.4 Å². The summed E-state index contributed by atoms with van der Waals surface area (Å²) >= 11 is 0. The van der Waals surface area contributed by atoms with Gasteiger partial charge in [-0.05, 0) is 16.8 Å². The first-order chi connectivity index (χ1) is 16.3. The van der Waals surface area contributed by atoms with Gasteiger partial charge in [-0.15, -0.1) is 10.2 Å². The van der Waals surface area contributed by atoms with Crippen LogP contribution in [0.25, 0.3) is 22.3 Å². The van der Waals surface area contributed by atoms with E-state index in [1.54, 1.807) is 6.21 Å². The molecule has 5 aromatic rings. The molecule has 2 heterocycles. The van der Waals surface area contributed by atoms with E-state index in [0.717, 1.165) is 28.6 Å². The molecule has 8 heteroatoms. The monoisotopic (exact) mass is 435 g/mol. The van der Waals surface area contributed by atoms with Gasteiger partial charge in [0.2, 0.25) is 5.82 Å². The zero-order valence-corrected chi connectivity index (χ0v) is 17.7. The van der Waals surface area contributed by atoms with Gasteiger partial charge in [0, 0.05) is 34.8 Å². The fourth-order valence-corrected chi connectivity index (χ4v) is 3.64. The molecule has 0 atom stereocenters. The molecule has 1 amide bonds. The highest BCUT2D eigenvalue weighted by atomic mass is 16.2. The third kappa shape index (κ3) is 4.69. The summed E-state index contributed by atoms with van der Waals surface area (Å²) in [5, 5.41) is 17.4. The average molecular weight is 435 g/mol. The number of benzene rings is 3. The molecule has 0 aliphatic carbocycles. The quantitative estimate of drug-likeness (QED) is 0.313. The van der Waals surface area contributed by atoms with E-state index in [4.69, 9.17) is 0 Å². The van der Waals surface area contributed by atoms with Gasteiger partial charge in [0.25, 0.3) is 5.91 Å². The number of nitrogens with one attached hydrogen (secondary N) is 1. The summed E-state index contributed by atoms with van der Waals surface area (Å²) < 4.78 is 2.18. The molecule has 5 rings (SSSR count). The Hall–Kier alpha value is -4.59. The van der Waals surface area contributed by atoms with Crippen LogP contribution in [0, 0.1) is 0 Å². The molecule has 0 aliphatic rings. The lowest BCUT2D eigenvalue weighted by Gasteiger charge is -2.05. The van der Waals surface area contributed by atoms with Crippen LogP contribution in [0.15, 0.2) is 96.2 Å². The summed E-state index contributed by atoms with van der Waals surface area (Å²) in [6.45, 7) is 0.677. The summed E-state index contributed by atoms with van der Waals surface area (Å²) in [5.41, 5.74) is 6.63. The number of hydrazone groups is 1. The molecule has 8 nitrogen and oxygen atoms in total. The maximum absolute atomic E-state index is 12.3. The molecule has 0 radical (unpaired) electrons. The Morgan fingerprint density at radius 3 is 2.48 bits per heavy atom. The van der Waals surface area contributed by atoms with E-state index >= 15 is 0 Å². The number of tetrazole rings is 1. The number of amides is 1. The highest BCUT2D eigenvalue weighted by molar-refractivity contribution is 5.99. The van der Waals surface area contributed by atoms with Gasteiger partial charge in [0.1, 0.15) is 6.54 Å². The van der Waals surface area contributed by atoms with Crippen LogP contribution in [0.4, 0.5) is 0 Å². The van der Waals surface area contributed by atoms with Crippen molar-refractivity contribution in [2.75, 3.05) is 0 Å². The van der Waals surface area contributed by atoms with Gasteiger partial charge in [-0.3, -0.25) is 4.79 Å². The number of para-hydroxylation sites is 1. The number of hydrogen-bond acceptors (Lipinski definition) is 5. The number of aromatic nitrogens is 5. The Labute approximate surface area is 190 Å². The Morgan fingerprint density at radius 1 is 0.939 bits per heavy atom. The minimum Gasteiger partial charge on any atom is -0.342 e. The van der Waals surface area contributed by atoms with Crippen LogP contribution in [0.2, 0.25) is 0 Å². The van der Waals surface area contributed by atoms with Gasteiger partial charge in [-0.2, -0.15) is 9.90 Å². The van der Waals surface area contributed by atoms with Gasteiger partial charge in [-0.25, -0.2) is 5.43 Å². The first-order valence-electron chi connectivity index (χ1n) is 10.5. The number of carbonyl (C=O) groups excluding carboxylic acids is 1. The smallest absolute Gasteiger partial charge is 0.263 e. The third-order valence-electron chi connectivity index (χ3n) is 5.18. The van der Waals surface area contributed by atoms with E-state index in [1.165, 1.54) is 10.4 Å². The highest BCUT2D eigenvalue weighted by Gasteiger charge is 2.10. The fourth-order valence-electron chi connectivity index (χ4n) is 3.64. The second-order valence-corrected chi connectivity index (χ2v) is 7.52. The van der Waals surface area contributed by atoms with Crippen LogP contribution in [-0.2, 0) is 17.9 Å². The van der Waals surface area contributed by atoms with Crippen molar-refractivity contribution in [1.29, 1.82) is 0 Å². The van der Waals surface area contributed by atoms with Gasteiger partial charge in [0.05, 0.1) is 6.21 Å². The number of rotatable bonds is 7. The van der Waals surface area contributed by atoms with Crippen LogP contribution >= 0.6 is 0 Å². The Bertz CT molecular complexity index is 1400. The molecule has 3 aromatic carbocycles. The lowest BCUT2D eigenvalue weighted by Crippen LogP contribution is -2.24. The minimum absolute atomic E-state index is 0.0764. The van der Waals surface area contributed by atoms with Crippen molar-refractivity contribution in [2.45, 2.75) is 13.1 Å². The SMILES string of the molecule is O=C(Cn1nnc(-c2ccccc2)n1)N/N=C\c1cn(Cc2ccccc2)c2ccccc12. The molecule has 0 fully saturated rings. The van der Waals surface area contributed by atoms with E-state index in [2.05, 4.69) is 48.7 Å². The molecule has 2 aromatic heterocycles. The molecule has 0 aliphatic heterocycles. The van der Waals surface area contributed by atoms with Crippen molar-refractivity contribution < 1.29 is 4.79 Å². The predicted molar refractivity (Wildman–Crippen MR) is 126 cm³/mol. The zero-order valence-electron chi connectivity index (χ0n) is 17.7. The normalized spacial score (nSPS) is 11.3. The largest absolute Gasteiger partial charge is 0.342 e. The van der Waals surface area contributed by atoms with Gasteiger partial charge in [-0.1, -0.05) is 78.9 Å². The molecule has 0 saturated carbocycles. The first kappa shape index (κ1) is 20.3. The predicted octanol–water partition coefficient (Wildman–Crippen LogP) is 3.49. The second kappa shape index (κ2) is 9.27. The lowest BCUT2D eigenvalue weighted by molar-refractivity contribution is -0.122. The minimum atomic E-state index is -0.337. The van der Waals surface area contributed by atoms with Crippen molar-refractivity contribution in [3.05, 3.63) is 102 Å². The summed E-state index contributed by atoms with van der Waals surface area (Å²) in [6.07, 6.45) is 3.70. The summed E-state index contributed by atoms with van der Waals surface area (Å²) in [4.78, 5) is 13.5. The summed E-state index contributed by atoms with van der Waals surface area (Å²) in [7, 11) is 0. The van der Waals surface area contributed by atoms with Crippen LogP contribution in [0.5, 0.6) is 0 Å². The highest BCUT2D eigenvalue weighted by Crippen LogP contribution is 2.21. The fraction of sp³-hybridized carbons (Fsp3) is 0.0800. The Kier molecular flexibility index (Phi) is 5.71. The number of nitrogens with zero attached hydrogens (tertiary/aromatic N) is 6. The maximum atomic E-state index is 12.3. The van der Waals surface area contributed by atoms with Crippen LogP contribution < -0.4 is 5.43 Å². The number of carbonyl (C=O) groups is 1. The molecule has 0 unspecified atom stereocenters. The van der Waals surface area contributed by atoms with Crippen molar-refractivity contribution >= 4 is 23.0 Å². The zero-order chi connectivity index (χ0) is 22.5. The molecular weight excluding hydrogens is 414 g/mol. The summed E-state index contributed by atoms with van der Waals surface area (Å²) in [6, 6.07) is 27.9. The molecule has 0 bridgehead atoms. The lowest BCUT2D eigenvalue weighted by atomic mass is 10.2. The van der Waals surface area contributed by atoms with Gasteiger partial charge >= 0.3 is 0 Å². The molecular formula is C25H21N7O. The molecule has 0 spiro atoms. The third-order valence-corrected chi connectivity index (χ3v) is 5.18. The van der Waals surface area contributed by atoms with Crippen molar-refractivity contribution in [2.24, 2.45) is 5.10 Å². The van der Waals surface area contributed by atoms with Gasteiger partial charge < -0.3 is 4.57 Å². The molecule has 33 heavy (non-hydrogen) atoms. The van der Waals surface area contributed by atoms with Crippen molar-refractivity contribution in [1.82, 2.24) is 30.2 Å². The Balaban J connectivity index is 1.26. The van der Waals surface area contributed by atoms with E-state index in [9.17, 15) is 4.79 Å². The van der Waals surface area contributed by atoms with Crippen molar-refractivity contribution in [3.63, 3.8) is 0 Å². The standard InChI is InChI=1S/C25H21N7O/c33-24(18-32-29-25(28-30-32)20-11-5-2-6-12-20)27-26-15-21-17-31(16-19-9-3-1-4-10-19)23-14-8-7-13-22(21)23/h1-15,17H,16,18H2,(H,27,33)/b26-15-. The number of hydrogen-bond donors (Lipinski definition) is 1. The van der Waals surface area contributed by atoms with Crippen LogP contribution in [-0.4, -0.2) is 36.9 Å². The maximum Gasteiger partial charge on any atom is 0.263 e. The topological polar surface area (TPSA) is 90.0 Å². The van der Waals surface area contributed by atoms with Crippen LogP contribution in [0.3, 0.4) is 0 Å². The first-order valence-corrected chi connectivity index (χ1v) is 10.5. The van der Waals surface area contributed by atoms with Crippen LogP contribution in [0.1, 0.15) is 11.1 Å². The molecule has 0 saturated heterocycles. The van der Waals surface area contributed by atoms with E-state index in [-0.39, 0.29) is 12.5 Å². The average Bonchev–Trinajstić information content (AvgIpc) is 3.46. The summed E-state index contributed by atoms with van der Waals surface area (Å²) in [5.74, 6) is 0.134. The van der Waals surface area contributed by atoms with Gasteiger partial charge in [0.15, 0.2) is 0 Å². The van der Waals surface area contributed by atoms with E-state index in [1.807, 2.05) is 72.9 Å². The molecule has 1 N–H and O–H groups in total. The second-order valence-electron chi connectivity index (χ2n) is 7.52. The van der Waals surface area contributed by atoms with E-state index in [0.29, 0.717) is 5.82 Å².